The van der Waals surface area contributed by atoms with Crippen molar-refractivity contribution in [2.75, 3.05) is 26.8 Å². The van der Waals surface area contributed by atoms with Gasteiger partial charge in [-0.1, -0.05) is 5.21 Å². The molecule has 1 saturated heterocycles. The van der Waals surface area contributed by atoms with Gasteiger partial charge < -0.3 is 14.6 Å². The summed E-state index contributed by atoms with van der Waals surface area (Å²) in [6.45, 7) is 2.09. The van der Waals surface area contributed by atoms with E-state index in [4.69, 9.17) is 4.74 Å². The van der Waals surface area contributed by atoms with Gasteiger partial charge in [-0.3, -0.25) is 9.59 Å². The Kier molecular flexibility index (Phi) is 5.47. The van der Waals surface area contributed by atoms with Crippen molar-refractivity contribution in [3.05, 3.63) is 76.5 Å². The number of nitrogens with one attached hydrogen (secondary N) is 1. The summed E-state index contributed by atoms with van der Waals surface area (Å²) in [6.07, 6.45) is 2.57. The zero-order valence-electron chi connectivity index (χ0n) is 18.0. The minimum absolute atomic E-state index is 0.00522. The minimum atomic E-state index is -0.387. The lowest BCUT2D eigenvalue weighted by atomic mass is 10.1. The van der Waals surface area contributed by atoms with Crippen molar-refractivity contribution in [3.63, 3.8) is 0 Å². The Labute approximate surface area is 188 Å². The first-order chi connectivity index (χ1) is 16.0. The number of carbonyl (C=O) groups excluding carboxylic acids is 1. The van der Waals surface area contributed by atoms with Crippen LogP contribution >= 0.6 is 0 Å². The number of fused-ring (bicyclic) bond motifs is 1. The number of benzene rings is 2. The van der Waals surface area contributed by atoms with E-state index in [0.717, 1.165) is 13.0 Å². The molecule has 0 saturated carbocycles. The molecule has 2 aromatic heterocycles. The van der Waals surface area contributed by atoms with Gasteiger partial charge in [-0.2, -0.15) is 0 Å². The Morgan fingerprint density at radius 2 is 2.03 bits per heavy atom. The van der Waals surface area contributed by atoms with E-state index >= 15 is 0 Å². The first kappa shape index (κ1) is 21.0. The predicted molar refractivity (Wildman–Crippen MR) is 121 cm³/mol. The number of ether oxygens (including phenoxy) is 1. The Morgan fingerprint density at radius 3 is 2.82 bits per heavy atom. The SMILES string of the molecule is COC[C@H]1CCN(C(=O)c2ccc(-n3cc(-c4cc5cc(F)ccc5[nH]c4=O)nn3)cc2)C1. The largest absolute Gasteiger partial charge is 0.384 e. The fourth-order valence-electron chi connectivity index (χ4n) is 4.21. The number of halogens is 1. The van der Waals surface area contributed by atoms with Crippen LogP contribution in [0.3, 0.4) is 0 Å². The summed E-state index contributed by atoms with van der Waals surface area (Å²) < 4.78 is 20.3. The average Bonchev–Trinajstić information content (AvgIpc) is 3.49. The summed E-state index contributed by atoms with van der Waals surface area (Å²) in [5, 5.41) is 8.79. The molecule has 1 fully saturated rings. The van der Waals surface area contributed by atoms with Crippen molar-refractivity contribution >= 4 is 16.8 Å². The van der Waals surface area contributed by atoms with Gasteiger partial charge in [-0.15, -0.1) is 5.10 Å². The zero-order valence-corrected chi connectivity index (χ0v) is 18.0. The first-order valence-electron chi connectivity index (χ1n) is 10.7. The van der Waals surface area contributed by atoms with Gasteiger partial charge in [0, 0.05) is 42.6 Å². The number of likely N-dealkylation sites (tertiary alicyclic amines) is 1. The van der Waals surface area contributed by atoms with Gasteiger partial charge in [-0.05, 0) is 55.0 Å². The molecule has 0 radical (unpaired) electrons. The summed E-state index contributed by atoms with van der Waals surface area (Å²) in [5.74, 6) is -0.0159. The highest BCUT2D eigenvalue weighted by atomic mass is 19.1. The molecule has 3 heterocycles. The third-order valence-electron chi connectivity index (χ3n) is 5.93. The van der Waals surface area contributed by atoms with Crippen LogP contribution in [0.4, 0.5) is 4.39 Å². The van der Waals surface area contributed by atoms with Gasteiger partial charge in [-0.25, -0.2) is 9.07 Å². The second-order valence-corrected chi connectivity index (χ2v) is 8.20. The van der Waals surface area contributed by atoms with Gasteiger partial charge >= 0.3 is 0 Å². The summed E-state index contributed by atoms with van der Waals surface area (Å²) in [6, 6.07) is 12.9. The number of amides is 1. The lowest BCUT2D eigenvalue weighted by Crippen LogP contribution is -2.29. The van der Waals surface area contributed by atoms with E-state index in [-0.39, 0.29) is 17.3 Å². The molecule has 0 spiro atoms. The molecule has 5 rings (SSSR count). The van der Waals surface area contributed by atoms with Gasteiger partial charge in [0.05, 0.1) is 24.1 Å². The lowest BCUT2D eigenvalue weighted by molar-refractivity contribution is 0.0775. The molecular weight excluding hydrogens is 425 g/mol. The Morgan fingerprint density at radius 1 is 1.21 bits per heavy atom. The van der Waals surface area contributed by atoms with Crippen LogP contribution in [0.15, 0.2) is 59.5 Å². The molecule has 33 heavy (non-hydrogen) atoms. The molecule has 4 aromatic rings. The molecule has 0 aliphatic carbocycles. The normalized spacial score (nSPS) is 15.9. The monoisotopic (exact) mass is 447 g/mol. The first-order valence-corrected chi connectivity index (χ1v) is 10.7. The number of aromatic amines is 1. The van der Waals surface area contributed by atoms with Crippen LogP contribution in [-0.4, -0.2) is 57.6 Å². The van der Waals surface area contributed by atoms with Crippen LogP contribution in [0.2, 0.25) is 0 Å². The Balaban J connectivity index is 1.36. The maximum Gasteiger partial charge on any atom is 0.258 e. The number of methoxy groups -OCH3 is 1. The van der Waals surface area contributed by atoms with E-state index in [1.165, 1.54) is 22.9 Å². The zero-order chi connectivity index (χ0) is 22.9. The van der Waals surface area contributed by atoms with Crippen LogP contribution in [0.5, 0.6) is 0 Å². The highest BCUT2D eigenvalue weighted by molar-refractivity contribution is 5.94. The number of rotatable bonds is 5. The molecule has 0 bridgehead atoms. The van der Waals surface area contributed by atoms with E-state index in [1.54, 1.807) is 43.6 Å². The van der Waals surface area contributed by atoms with Crippen LogP contribution in [0.25, 0.3) is 27.8 Å². The maximum absolute atomic E-state index is 13.6. The minimum Gasteiger partial charge on any atom is -0.384 e. The van der Waals surface area contributed by atoms with Crippen molar-refractivity contribution < 1.29 is 13.9 Å². The second kappa shape index (κ2) is 8.59. The van der Waals surface area contributed by atoms with Gasteiger partial charge in [0.2, 0.25) is 0 Å². The number of H-pyrrole nitrogens is 1. The fraction of sp³-hybridized carbons (Fsp3) is 0.250. The highest BCUT2D eigenvalue weighted by Gasteiger charge is 2.26. The van der Waals surface area contributed by atoms with Gasteiger partial charge in [0.25, 0.3) is 11.5 Å². The Bertz CT molecular complexity index is 1380. The summed E-state index contributed by atoms with van der Waals surface area (Å²) in [7, 11) is 1.68. The number of pyridine rings is 1. The number of aromatic nitrogens is 4. The predicted octanol–water partition coefficient (Wildman–Crippen LogP) is 3.02. The second-order valence-electron chi connectivity index (χ2n) is 8.20. The van der Waals surface area contributed by atoms with Crippen molar-refractivity contribution in [1.82, 2.24) is 24.9 Å². The fourth-order valence-corrected chi connectivity index (χ4v) is 4.21. The molecule has 2 aromatic carbocycles. The van der Waals surface area contributed by atoms with E-state index in [0.29, 0.717) is 52.5 Å². The summed E-state index contributed by atoms with van der Waals surface area (Å²) in [4.78, 5) is 29.9. The number of nitrogens with zero attached hydrogens (tertiary/aromatic N) is 4. The highest BCUT2D eigenvalue weighted by Crippen LogP contribution is 2.21. The average molecular weight is 447 g/mol. The molecule has 1 aliphatic heterocycles. The van der Waals surface area contributed by atoms with Crippen molar-refractivity contribution in [1.29, 1.82) is 0 Å². The lowest BCUT2D eigenvalue weighted by Gasteiger charge is -2.16. The third-order valence-corrected chi connectivity index (χ3v) is 5.93. The Hall–Kier alpha value is -3.85. The van der Waals surface area contributed by atoms with Crippen LogP contribution < -0.4 is 5.56 Å². The van der Waals surface area contributed by atoms with E-state index < -0.39 is 0 Å². The van der Waals surface area contributed by atoms with Crippen molar-refractivity contribution in [2.24, 2.45) is 5.92 Å². The maximum atomic E-state index is 13.6. The standard InChI is InChI=1S/C24H22FN5O3/c1-33-14-15-8-9-29(12-15)24(32)16-2-5-19(6-3-16)30-13-22(27-28-30)20-11-17-10-18(25)4-7-21(17)26-23(20)31/h2-7,10-11,13,15H,8-9,12,14H2,1H3,(H,26,31)/t15-/m0/s1. The van der Waals surface area contributed by atoms with Crippen LogP contribution in [0, 0.1) is 11.7 Å². The molecule has 0 unspecified atom stereocenters. The quantitative estimate of drug-likeness (QED) is 0.508. The smallest absolute Gasteiger partial charge is 0.258 e. The van der Waals surface area contributed by atoms with Crippen molar-refractivity contribution in [3.8, 4) is 16.9 Å². The molecule has 9 heteroatoms. The summed E-state index contributed by atoms with van der Waals surface area (Å²) >= 11 is 0. The molecule has 168 valence electrons. The van der Waals surface area contributed by atoms with Crippen LogP contribution in [-0.2, 0) is 4.74 Å². The molecule has 1 N–H and O–H groups in total. The molecule has 1 atom stereocenters. The van der Waals surface area contributed by atoms with E-state index in [9.17, 15) is 14.0 Å². The summed E-state index contributed by atoms with van der Waals surface area (Å²) in [5.41, 5.74) is 2.18. The van der Waals surface area contributed by atoms with Gasteiger partial charge in [0.15, 0.2) is 0 Å². The van der Waals surface area contributed by atoms with Gasteiger partial charge in [0.1, 0.15) is 11.5 Å². The topological polar surface area (TPSA) is 93.1 Å². The van der Waals surface area contributed by atoms with Crippen molar-refractivity contribution in [2.45, 2.75) is 6.42 Å². The number of carbonyl (C=O) groups is 1. The molecule has 1 aliphatic rings. The number of hydrogen-bond donors (Lipinski definition) is 1. The molecule has 8 nitrogen and oxygen atoms in total. The molecular formula is C24H22FN5O3. The van der Waals surface area contributed by atoms with Crippen LogP contribution in [0.1, 0.15) is 16.8 Å². The van der Waals surface area contributed by atoms with E-state index in [1.807, 2.05) is 4.90 Å². The van der Waals surface area contributed by atoms with E-state index in [2.05, 4.69) is 15.3 Å². The third kappa shape index (κ3) is 4.14. The molecule has 1 amide bonds. The number of hydrogen-bond acceptors (Lipinski definition) is 5.